The molecule has 1 aromatic rings. The number of hydrogen-bond acceptors (Lipinski definition) is 6. The van der Waals surface area contributed by atoms with Gasteiger partial charge in [-0.15, -0.1) is 0 Å². The van der Waals surface area contributed by atoms with Gasteiger partial charge in [0.05, 0.1) is 6.61 Å². The molecule has 0 aliphatic heterocycles. The molecule has 1 aromatic heterocycles. The molecule has 126 valence electrons. The normalized spacial score (nSPS) is 12.8. The molecule has 0 spiro atoms. The SMILES string of the molecule is CN(CCO)CCOc1nc(C(Cl)(Cl)Cl)nc(C(Cl)(Cl)Cl)n1. The molecule has 0 aromatic carbocycles. The molecule has 0 amide bonds. The molecule has 0 atom stereocenters. The number of aliphatic hydroxyl groups is 1. The minimum absolute atomic E-state index is 0.0388. The third-order valence-corrected chi connectivity index (χ3v) is 3.32. The van der Waals surface area contributed by atoms with Crippen LogP contribution in [0, 0.1) is 0 Å². The number of hydrogen-bond donors (Lipinski definition) is 1. The highest BCUT2D eigenvalue weighted by atomic mass is 35.6. The summed E-state index contributed by atoms with van der Waals surface area (Å²) in [4.78, 5) is 13.4. The van der Waals surface area contributed by atoms with Gasteiger partial charge in [0.2, 0.25) is 7.59 Å². The van der Waals surface area contributed by atoms with Gasteiger partial charge in [0.15, 0.2) is 11.6 Å². The molecule has 0 radical (unpaired) electrons. The second kappa shape index (κ2) is 8.53. The second-order valence-electron chi connectivity index (χ2n) is 4.14. The van der Waals surface area contributed by atoms with Crippen LogP contribution in [0.2, 0.25) is 0 Å². The van der Waals surface area contributed by atoms with Crippen LogP contribution < -0.4 is 4.74 Å². The van der Waals surface area contributed by atoms with E-state index in [1.165, 1.54) is 0 Å². The number of likely N-dealkylation sites (N-methyl/N-ethyl adjacent to an activating group) is 1. The van der Waals surface area contributed by atoms with Gasteiger partial charge in [0.25, 0.3) is 0 Å². The Balaban J connectivity index is 2.90. The molecule has 0 saturated carbocycles. The lowest BCUT2D eigenvalue weighted by Gasteiger charge is -2.17. The van der Waals surface area contributed by atoms with Crippen molar-refractivity contribution in [3.8, 4) is 6.01 Å². The Labute approximate surface area is 157 Å². The predicted molar refractivity (Wildman–Crippen MR) is 88.4 cm³/mol. The number of aliphatic hydroxyl groups excluding tert-OH is 1. The van der Waals surface area contributed by atoms with Crippen molar-refractivity contribution in [1.82, 2.24) is 19.9 Å². The summed E-state index contributed by atoms with van der Waals surface area (Å²) in [5, 5.41) is 8.80. The predicted octanol–water partition coefficient (Wildman–Crippen LogP) is 2.83. The van der Waals surface area contributed by atoms with Crippen LogP contribution in [0.15, 0.2) is 0 Å². The third kappa shape index (κ3) is 6.93. The van der Waals surface area contributed by atoms with Gasteiger partial charge < -0.3 is 14.7 Å². The fourth-order valence-corrected chi connectivity index (χ4v) is 1.76. The van der Waals surface area contributed by atoms with Crippen LogP contribution in [-0.2, 0) is 7.59 Å². The van der Waals surface area contributed by atoms with E-state index < -0.39 is 7.59 Å². The molecule has 12 heteroatoms. The highest BCUT2D eigenvalue weighted by Crippen LogP contribution is 2.40. The number of nitrogens with zero attached hydrogens (tertiary/aromatic N) is 4. The average Bonchev–Trinajstić information content (AvgIpc) is 2.36. The van der Waals surface area contributed by atoms with E-state index >= 15 is 0 Å². The van der Waals surface area contributed by atoms with Crippen molar-refractivity contribution >= 4 is 69.6 Å². The van der Waals surface area contributed by atoms with Gasteiger partial charge in [-0.25, -0.2) is 4.98 Å². The zero-order valence-corrected chi connectivity index (χ0v) is 15.8. The quantitative estimate of drug-likeness (QED) is 0.697. The Hall–Kier alpha value is 0.470. The van der Waals surface area contributed by atoms with Crippen molar-refractivity contribution in [2.45, 2.75) is 7.59 Å². The molecule has 22 heavy (non-hydrogen) atoms. The van der Waals surface area contributed by atoms with Gasteiger partial charge in [0.1, 0.15) is 6.61 Å². The smallest absolute Gasteiger partial charge is 0.320 e. The molecule has 0 bridgehead atoms. The Kier molecular flexibility index (Phi) is 7.96. The van der Waals surface area contributed by atoms with Crippen molar-refractivity contribution in [3.63, 3.8) is 0 Å². The van der Waals surface area contributed by atoms with Crippen molar-refractivity contribution in [3.05, 3.63) is 11.6 Å². The molecule has 0 unspecified atom stereocenters. The van der Waals surface area contributed by atoms with Crippen molar-refractivity contribution in [2.75, 3.05) is 33.4 Å². The maximum Gasteiger partial charge on any atom is 0.320 e. The molecule has 1 N–H and O–H groups in total. The largest absolute Gasteiger partial charge is 0.462 e. The summed E-state index contributed by atoms with van der Waals surface area (Å²) >= 11 is 34.4. The van der Waals surface area contributed by atoms with Crippen LogP contribution in [-0.4, -0.2) is 58.3 Å². The standard InChI is InChI=1S/C10H12Cl6N4O2/c1-20(2-4-21)3-5-22-8-18-6(9(11,12)13)17-7(19-8)10(14,15)16/h21H,2-5H2,1H3. The van der Waals surface area contributed by atoms with Gasteiger partial charge in [-0.1, -0.05) is 69.6 Å². The summed E-state index contributed by atoms with van der Waals surface area (Å²) in [6.45, 7) is 1.27. The maximum atomic E-state index is 8.80. The zero-order chi connectivity index (χ0) is 17.0. The molecule has 0 aliphatic carbocycles. The first-order chi connectivity index (χ1) is 10.0. The molecular weight excluding hydrogens is 421 g/mol. The molecule has 0 fully saturated rings. The van der Waals surface area contributed by atoms with Gasteiger partial charge in [-0.05, 0) is 7.05 Å². The van der Waals surface area contributed by atoms with E-state index in [4.69, 9.17) is 79.4 Å². The first kappa shape index (κ1) is 20.5. The molecule has 1 rings (SSSR count). The van der Waals surface area contributed by atoms with Gasteiger partial charge in [0, 0.05) is 13.1 Å². The summed E-state index contributed by atoms with van der Waals surface area (Å²) in [6.07, 6.45) is 0. The van der Waals surface area contributed by atoms with Gasteiger partial charge in [-0.2, -0.15) is 9.97 Å². The summed E-state index contributed by atoms with van der Waals surface area (Å²) in [6, 6.07) is -0.130. The lowest BCUT2D eigenvalue weighted by molar-refractivity contribution is 0.186. The Morgan fingerprint density at radius 2 is 1.45 bits per heavy atom. The van der Waals surface area contributed by atoms with E-state index in [1.54, 1.807) is 0 Å². The highest BCUT2D eigenvalue weighted by molar-refractivity contribution is 6.67. The fraction of sp³-hybridized carbons (Fsp3) is 0.700. The number of halogens is 6. The van der Waals surface area contributed by atoms with E-state index in [-0.39, 0.29) is 30.9 Å². The average molecular weight is 433 g/mol. The zero-order valence-electron chi connectivity index (χ0n) is 11.2. The molecule has 0 aliphatic rings. The summed E-state index contributed by atoms with van der Waals surface area (Å²) in [7, 11) is 1.81. The minimum atomic E-state index is -1.92. The van der Waals surface area contributed by atoms with E-state index in [1.807, 2.05) is 11.9 Å². The Morgan fingerprint density at radius 3 is 1.86 bits per heavy atom. The van der Waals surface area contributed by atoms with E-state index in [0.717, 1.165) is 0 Å². The highest BCUT2D eigenvalue weighted by Gasteiger charge is 2.34. The van der Waals surface area contributed by atoms with Crippen molar-refractivity contribution in [1.29, 1.82) is 0 Å². The first-order valence-electron chi connectivity index (χ1n) is 5.86. The molecular formula is C10H12Cl6N4O2. The van der Waals surface area contributed by atoms with E-state index in [2.05, 4.69) is 15.0 Å². The summed E-state index contributed by atoms with van der Waals surface area (Å²) in [5.74, 6) is -0.430. The first-order valence-corrected chi connectivity index (χ1v) is 8.13. The Morgan fingerprint density at radius 1 is 0.955 bits per heavy atom. The van der Waals surface area contributed by atoms with Crippen LogP contribution in [0.25, 0.3) is 0 Å². The second-order valence-corrected chi connectivity index (χ2v) is 8.70. The molecule has 1 heterocycles. The van der Waals surface area contributed by atoms with Crippen molar-refractivity contribution < 1.29 is 9.84 Å². The number of alkyl halides is 6. The number of aromatic nitrogens is 3. The lowest BCUT2D eigenvalue weighted by atomic mass is 10.5. The van der Waals surface area contributed by atoms with Gasteiger partial charge in [-0.3, -0.25) is 0 Å². The minimum Gasteiger partial charge on any atom is -0.462 e. The fourth-order valence-electron chi connectivity index (χ4n) is 1.25. The molecule has 0 saturated heterocycles. The lowest BCUT2D eigenvalue weighted by Crippen LogP contribution is -2.27. The topological polar surface area (TPSA) is 71.4 Å². The van der Waals surface area contributed by atoms with Gasteiger partial charge >= 0.3 is 6.01 Å². The maximum absolute atomic E-state index is 8.80. The van der Waals surface area contributed by atoms with Crippen LogP contribution in [0.3, 0.4) is 0 Å². The number of rotatable bonds is 6. The van der Waals surface area contributed by atoms with E-state index in [9.17, 15) is 0 Å². The van der Waals surface area contributed by atoms with Crippen LogP contribution in [0.1, 0.15) is 11.6 Å². The monoisotopic (exact) mass is 430 g/mol. The van der Waals surface area contributed by atoms with E-state index in [0.29, 0.717) is 13.1 Å². The third-order valence-electron chi connectivity index (χ3n) is 2.31. The number of ether oxygens (including phenoxy) is 1. The molecule has 6 nitrogen and oxygen atoms in total. The van der Waals surface area contributed by atoms with Crippen LogP contribution in [0.5, 0.6) is 6.01 Å². The summed E-state index contributed by atoms with van der Waals surface area (Å²) < 4.78 is 1.52. The van der Waals surface area contributed by atoms with Crippen LogP contribution >= 0.6 is 69.6 Å². The van der Waals surface area contributed by atoms with Crippen molar-refractivity contribution in [2.24, 2.45) is 0 Å². The Bertz CT molecular complexity index is 461. The van der Waals surface area contributed by atoms with Crippen LogP contribution in [0.4, 0.5) is 0 Å². The summed E-state index contributed by atoms with van der Waals surface area (Å²) in [5.41, 5.74) is 0.